The highest BCUT2D eigenvalue weighted by atomic mass is 35.5. The second-order valence-electron chi connectivity index (χ2n) is 20.9. The second-order valence-corrected chi connectivity index (χ2v) is 22.2. The monoisotopic (exact) mass is 1170 g/mol. The summed E-state index contributed by atoms with van der Waals surface area (Å²) < 4.78 is 40.4. The van der Waals surface area contributed by atoms with Crippen molar-refractivity contribution < 1.29 is 52.5 Å². The number of hydrogen-bond donors (Lipinski definition) is 4. The number of nitrogens with zero attached hydrogens (tertiary/aromatic N) is 8. The molecule has 2 saturated heterocycles. The van der Waals surface area contributed by atoms with Crippen LogP contribution in [0.3, 0.4) is 0 Å². The number of phenols is 1. The van der Waals surface area contributed by atoms with Crippen molar-refractivity contribution in [3.63, 3.8) is 0 Å². The van der Waals surface area contributed by atoms with E-state index in [0.717, 1.165) is 16.1 Å². The van der Waals surface area contributed by atoms with Crippen LogP contribution in [0, 0.1) is 25.6 Å². The van der Waals surface area contributed by atoms with Gasteiger partial charge in [0.05, 0.1) is 59.3 Å². The number of nitrogens with one attached hydrogen (secondary N) is 2. The molecule has 4 amide bonds. The predicted molar refractivity (Wildman–Crippen MR) is 315 cm³/mol. The number of phenolic OH excluding ortho intramolecular Hbond substituents is 1. The molecule has 2 aliphatic heterocycles. The van der Waals surface area contributed by atoms with E-state index in [9.17, 15) is 29.4 Å². The average molecular weight is 1180 g/mol. The molecule has 0 spiro atoms. The van der Waals surface area contributed by atoms with Gasteiger partial charge in [0.1, 0.15) is 47.2 Å². The van der Waals surface area contributed by atoms with Crippen molar-refractivity contribution in [3.05, 3.63) is 118 Å². The van der Waals surface area contributed by atoms with Crippen LogP contribution in [0.2, 0.25) is 5.02 Å². The number of likely N-dealkylation sites (N-methyl/N-ethyl adjacent to an activating group) is 1. The van der Waals surface area contributed by atoms with Gasteiger partial charge in [0.15, 0.2) is 5.82 Å². The molecule has 2 fully saturated rings. The van der Waals surface area contributed by atoms with E-state index >= 15 is 4.39 Å². The molecule has 0 bridgehead atoms. The lowest BCUT2D eigenvalue weighted by molar-refractivity contribution is -0.141. The number of amides is 4. The first-order valence-electron chi connectivity index (χ1n) is 27.6. The molecular weight excluding hydrogens is 1110 g/mol. The maximum absolute atomic E-state index is 17.1. The number of piperazine rings is 1. The topological polar surface area (TPSA) is 238 Å². The zero-order chi connectivity index (χ0) is 58.9. The number of anilines is 2. The Morgan fingerprint density at radius 1 is 0.976 bits per heavy atom. The van der Waals surface area contributed by atoms with Gasteiger partial charge < -0.3 is 59.2 Å². The maximum atomic E-state index is 17.1. The molecule has 9 rings (SSSR count). The zero-order valence-corrected chi connectivity index (χ0v) is 48.6. The number of carbonyl (C=O) groups excluding carboxylic acids is 4. The first-order chi connectivity index (χ1) is 40.0. The largest absolute Gasteiger partial charge is 0.508 e. The molecule has 3 aromatic heterocycles. The minimum Gasteiger partial charge on any atom is -0.508 e. The summed E-state index contributed by atoms with van der Waals surface area (Å²) in [4.78, 5) is 74.9. The van der Waals surface area contributed by atoms with E-state index < -0.39 is 29.8 Å². The summed E-state index contributed by atoms with van der Waals surface area (Å²) >= 11 is 8.41. The fraction of sp³-hybridized carbons (Fsp3) is 0.400. The van der Waals surface area contributed by atoms with Crippen molar-refractivity contribution in [3.8, 4) is 33.1 Å². The number of hydrogen-bond acceptors (Lipinski definition) is 17. The van der Waals surface area contributed by atoms with Crippen molar-refractivity contribution >= 4 is 80.0 Å². The zero-order valence-electron chi connectivity index (χ0n) is 47.0. The number of benzene rings is 4. The molecule has 0 aliphatic carbocycles. The molecule has 23 heteroatoms. The molecule has 438 valence electrons. The van der Waals surface area contributed by atoms with E-state index in [4.69, 9.17) is 35.3 Å². The second kappa shape index (κ2) is 27.1. The molecule has 4 aromatic carbocycles. The van der Waals surface area contributed by atoms with Gasteiger partial charge in [0.2, 0.25) is 29.6 Å². The van der Waals surface area contributed by atoms with Gasteiger partial charge in [-0.2, -0.15) is 4.98 Å². The minimum atomic E-state index is -0.887. The fourth-order valence-corrected chi connectivity index (χ4v) is 11.5. The number of thiazole rings is 1. The van der Waals surface area contributed by atoms with Gasteiger partial charge in [0, 0.05) is 94.8 Å². The van der Waals surface area contributed by atoms with E-state index in [1.54, 1.807) is 47.5 Å². The summed E-state index contributed by atoms with van der Waals surface area (Å²) in [5.74, 6) is -1.18. The highest BCUT2D eigenvalue weighted by Gasteiger charge is 2.43. The molecule has 2 aliphatic rings. The lowest BCUT2D eigenvalue weighted by Crippen LogP contribution is -2.48. The highest BCUT2D eigenvalue weighted by Crippen LogP contribution is 2.43. The van der Waals surface area contributed by atoms with Crippen LogP contribution in [0.1, 0.15) is 55.3 Å². The lowest BCUT2D eigenvalue weighted by Gasteiger charge is -2.35. The van der Waals surface area contributed by atoms with E-state index in [2.05, 4.69) is 32.3 Å². The van der Waals surface area contributed by atoms with Crippen LogP contribution < -0.4 is 20.3 Å². The molecular formula is C60H68ClFN10O10S. The van der Waals surface area contributed by atoms with Gasteiger partial charge in [-0.25, -0.2) is 14.4 Å². The molecule has 5 heterocycles. The van der Waals surface area contributed by atoms with Crippen molar-refractivity contribution in [1.29, 1.82) is 0 Å². The summed E-state index contributed by atoms with van der Waals surface area (Å²) in [6.45, 7) is 14.5. The minimum absolute atomic E-state index is 0.00650. The quantitative estimate of drug-likeness (QED) is 0.0332. The van der Waals surface area contributed by atoms with Crippen LogP contribution in [-0.2, 0) is 35.2 Å². The third-order valence-electron chi connectivity index (χ3n) is 14.8. The summed E-state index contributed by atoms with van der Waals surface area (Å²) in [7, 11) is 1.68. The van der Waals surface area contributed by atoms with E-state index in [0.29, 0.717) is 83.0 Å². The van der Waals surface area contributed by atoms with Crippen LogP contribution >= 0.6 is 22.9 Å². The Kier molecular flexibility index (Phi) is 19.5. The number of aromatic nitrogens is 4. The number of aromatic hydroxyl groups is 1. The number of halogens is 2. The smallest absolute Gasteiger partial charge is 0.246 e. The Bertz CT molecular complexity index is 3500. The van der Waals surface area contributed by atoms with Crippen molar-refractivity contribution in [1.82, 2.24) is 40.1 Å². The number of ether oxygens (including phenoxy) is 3. The number of fused-ring (bicyclic) bond motifs is 2. The molecule has 0 saturated carbocycles. The van der Waals surface area contributed by atoms with Crippen molar-refractivity contribution in [2.45, 2.75) is 65.1 Å². The first kappa shape index (κ1) is 59.8. The Morgan fingerprint density at radius 3 is 2.46 bits per heavy atom. The van der Waals surface area contributed by atoms with Gasteiger partial charge in [-0.3, -0.25) is 19.2 Å². The molecule has 20 nitrogen and oxygen atoms in total. The third-order valence-corrected chi connectivity index (χ3v) is 16.1. The van der Waals surface area contributed by atoms with Gasteiger partial charge in [-0.15, -0.1) is 11.3 Å². The third kappa shape index (κ3) is 14.0. The highest BCUT2D eigenvalue weighted by molar-refractivity contribution is 7.13. The van der Waals surface area contributed by atoms with E-state index in [-0.39, 0.29) is 117 Å². The standard InChI is InChI=1S/C60H68ClFN10O10S/c1-7-50(75)70-16-18-71(19-17-70)57-45-31-46(61)53(44-29-41(73)27-38-10-8-9-11-43(38)44)54(62)55(45)66-60(67-57)63-15-14-51(76)69(6)20-21-79-22-23-80-24-25-81-48-28-39(56-37(5)65-34-83-56)12-13-40(48)32-64-58(77)47-30-42(74)33-72(47)59(78)52(35(2)3)49-26-36(4)68-82-49/h7-13,26-29,31,34-35,42,47,52,73-74H,1,14-25,30,32-33H2,2-6H3,(H,64,77)(H,63,66,67)/t42-,47+,52-/m1/s1. The fourth-order valence-electron chi connectivity index (χ4n) is 10.5. The summed E-state index contributed by atoms with van der Waals surface area (Å²) in [5, 5.41) is 33.2. The first-order valence-corrected chi connectivity index (χ1v) is 28.8. The van der Waals surface area contributed by atoms with Crippen LogP contribution in [0.25, 0.3) is 43.2 Å². The predicted octanol–water partition coefficient (Wildman–Crippen LogP) is 7.90. The molecule has 0 unspecified atom stereocenters. The number of aryl methyl sites for hydroxylation is 2. The van der Waals surface area contributed by atoms with E-state index in [1.165, 1.54) is 28.4 Å². The van der Waals surface area contributed by atoms with Crippen LogP contribution in [0.15, 0.2) is 89.4 Å². The summed E-state index contributed by atoms with van der Waals surface area (Å²) in [6, 6.07) is 18.6. The Morgan fingerprint density at radius 2 is 1.73 bits per heavy atom. The normalized spacial score (nSPS) is 15.7. The summed E-state index contributed by atoms with van der Waals surface area (Å²) in [6.07, 6.45) is 0.574. The number of rotatable bonds is 24. The summed E-state index contributed by atoms with van der Waals surface area (Å²) in [5.41, 5.74) is 5.36. The number of aliphatic hydroxyl groups excluding tert-OH is 1. The van der Waals surface area contributed by atoms with Crippen LogP contribution in [0.4, 0.5) is 16.2 Å². The Hall–Kier alpha value is -7.76. The number of carbonyl (C=O) groups is 4. The average Bonchev–Trinajstić information content (AvgIpc) is 3.68. The van der Waals surface area contributed by atoms with Gasteiger partial charge in [-0.1, -0.05) is 73.6 Å². The molecule has 7 aromatic rings. The number of β-amino-alcohol motifs (C(OH)–C–C–N with tert-alkyl or cyclic N) is 1. The molecule has 83 heavy (non-hydrogen) atoms. The Labute approximate surface area is 489 Å². The SMILES string of the molecule is C=CC(=O)N1CCN(c2nc(NCCC(=O)N(C)CCOCCOCCOc3cc(-c4scnc4C)ccc3CNC(=O)[C@@H]3C[C@@H](O)CN3C(=O)[C@@H](c3cc(C)no3)C(C)C)nc3c(F)c(-c4cc(O)cc5ccccc45)c(Cl)cc23)CC1. The van der Waals surface area contributed by atoms with Crippen molar-refractivity contribution in [2.24, 2.45) is 5.92 Å². The molecule has 4 N–H and O–H groups in total. The van der Waals surface area contributed by atoms with Gasteiger partial charge >= 0.3 is 0 Å². The van der Waals surface area contributed by atoms with Gasteiger partial charge in [0.25, 0.3) is 0 Å². The van der Waals surface area contributed by atoms with Gasteiger partial charge in [-0.05, 0) is 72.0 Å². The maximum Gasteiger partial charge on any atom is 0.246 e. The Balaban J connectivity index is 0.755. The van der Waals surface area contributed by atoms with Crippen LogP contribution in [-0.4, -0.2) is 167 Å². The van der Waals surface area contributed by atoms with E-state index in [1.807, 2.05) is 68.1 Å². The lowest BCUT2D eigenvalue weighted by atomic mass is 9.91. The van der Waals surface area contributed by atoms with Crippen molar-refractivity contribution in [2.75, 3.05) is 96.1 Å². The number of aliphatic hydroxyl groups is 1. The molecule has 0 radical (unpaired) electrons. The molecule has 3 atom stereocenters. The number of likely N-dealkylation sites (tertiary alicyclic amines) is 1. The van der Waals surface area contributed by atoms with Crippen LogP contribution in [0.5, 0.6) is 11.5 Å².